The van der Waals surface area contributed by atoms with E-state index in [9.17, 15) is 4.79 Å². The van der Waals surface area contributed by atoms with Gasteiger partial charge in [-0.3, -0.25) is 15.1 Å². The Morgan fingerprint density at radius 2 is 2.26 bits per heavy atom. The molecular weight excluding hydrogens is 294 g/mol. The summed E-state index contributed by atoms with van der Waals surface area (Å²) in [6.07, 6.45) is 7.66. The van der Waals surface area contributed by atoms with Crippen LogP contribution in [0.5, 0.6) is 0 Å². The highest BCUT2D eigenvalue weighted by Gasteiger charge is 2.30. The Balaban J connectivity index is 1.42. The third kappa shape index (κ3) is 3.39. The Bertz CT molecular complexity index is 704. The molecule has 1 atom stereocenters. The summed E-state index contributed by atoms with van der Waals surface area (Å²) >= 11 is 0. The van der Waals surface area contributed by atoms with Crippen molar-refractivity contribution in [2.24, 2.45) is 5.92 Å². The van der Waals surface area contributed by atoms with Crippen molar-refractivity contribution in [2.45, 2.75) is 31.6 Å². The summed E-state index contributed by atoms with van der Waals surface area (Å²) in [6.45, 7) is 2.10. The first kappa shape index (κ1) is 14.3. The first-order valence-corrected chi connectivity index (χ1v) is 8.07. The number of amides is 1. The molecule has 7 nitrogen and oxygen atoms in total. The highest BCUT2D eigenvalue weighted by molar-refractivity contribution is 6.03. The standard InChI is InChI=1S/C16H19N5O2/c22-14(19-16-20-15(23-21-16)12-1-2-12)13-6-11(8-18-9-13)5-10-3-4-17-7-10/h6,8-10,12,17H,1-5,7H2,(H,19,21,22). The van der Waals surface area contributed by atoms with E-state index in [0.29, 0.717) is 23.3 Å². The van der Waals surface area contributed by atoms with E-state index in [1.165, 1.54) is 6.42 Å². The summed E-state index contributed by atoms with van der Waals surface area (Å²) in [5.74, 6) is 1.57. The number of pyridine rings is 1. The number of hydrogen-bond donors (Lipinski definition) is 2. The largest absolute Gasteiger partial charge is 0.337 e. The van der Waals surface area contributed by atoms with Gasteiger partial charge in [0.15, 0.2) is 0 Å². The lowest BCUT2D eigenvalue weighted by molar-refractivity contribution is 0.102. The van der Waals surface area contributed by atoms with Crippen molar-refractivity contribution in [2.75, 3.05) is 18.4 Å². The molecule has 0 spiro atoms. The number of nitrogens with zero attached hydrogens (tertiary/aromatic N) is 3. The molecule has 1 saturated heterocycles. The molecule has 1 saturated carbocycles. The van der Waals surface area contributed by atoms with Crippen LogP contribution in [0.2, 0.25) is 0 Å². The van der Waals surface area contributed by atoms with Crippen molar-refractivity contribution in [3.63, 3.8) is 0 Å². The molecule has 2 aliphatic rings. The molecule has 1 aliphatic carbocycles. The number of aromatic nitrogens is 3. The number of carbonyl (C=O) groups excluding carboxylic acids is 1. The van der Waals surface area contributed by atoms with Gasteiger partial charge in [0, 0.05) is 18.3 Å². The van der Waals surface area contributed by atoms with E-state index in [2.05, 4.69) is 25.8 Å². The van der Waals surface area contributed by atoms with E-state index in [1.54, 1.807) is 6.20 Å². The molecule has 2 N–H and O–H groups in total. The zero-order chi connectivity index (χ0) is 15.6. The predicted molar refractivity (Wildman–Crippen MR) is 83.1 cm³/mol. The number of anilines is 1. The fourth-order valence-electron chi connectivity index (χ4n) is 2.90. The summed E-state index contributed by atoms with van der Waals surface area (Å²) in [6, 6.07) is 1.89. The maximum Gasteiger partial charge on any atom is 0.270 e. The zero-order valence-electron chi connectivity index (χ0n) is 12.8. The van der Waals surface area contributed by atoms with Crippen LogP contribution in [0.15, 0.2) is 23.0 Å². The molecule has 120 valence electrons. The Hall–Kier alpha value is -2.28. The molecule has 2 aromatic heterocycles. The van der Waals surface area contributed by atoms with Crippen molar-refractivity contribution in [1.82, 2.24) is 20.4 Å². The highest BCUT2D eigenvalue weighted by Crippen LogP contribution is 2.39. The average molecular weight is 313 g/mol. The van der Waals surface area contributed by atoms with Crippen LogP contribution in [0.1, 0.15) is 47.0 Å². The third-order valence-corrected chi connectivity index (χ3v) is 4.34. The van der Waals surface area contributed by atoms with E-state index in [4.69, 9.17) is 4.52 Å². The molecule has 1 amide bonds. The minimum Gasteiger partial charge on any atom is -0.337 e. The molecule has 1 aliphatic heterocycles. The lowest BCUT2D eigenvalue weighted by Crippen LogP contribution is -2.15. The normalized spacial score (nSPS) is 20.6. The maximum absolute atomic E-state index is 12.3. The monoisotopic (exact) mass is 313 g/mol. The Morgan fingerprint density at radius 1 is 1.35 bits per heavy atom. The van der Waals surface area contributed by atoms with Gasteiger partial charge in [0.05, 0.1) is 5.56 Å². The highest BCUT2D eigenvalue weighted by atomic mass is 16.5. The smallest absolute Gasteiger partial charge is 0.270 e. The Morgan fingerprint density at radius 3 is 3.04 bits per heavy atom. The van der Waals surface area contributed by atoms with Gasteiger partial charge >= 0.3 is 0 Å². The number of carbonyl (C=O) groups is 1. The summed E-state index contributed by atoms with van der Waals surface area (Å²) in [5.41, 5.74) is 1.60. The van der Waals surface area contributed by atoms with E-state index in [1.807, 2.05) is 12.3 Å². The van der Waals surface area contributed by atoms with Crippen molar-refractivity contribution >= 4 is 11.9 Å². The van der Waals surface area contributed by atoms with Gasteiger partial charge in [0.2, 0.25) is 5.89 Å². The van der Waals surface area contributed by atoms with Gasteiger partial charge in [0.1, 0.15) is 0 Å². The fourth-order valence-corrected chi connectivity index (χ4v) is 2.90. The SMILES string of the molecule is O=C(Nc1noc(C2CC2)n1)c1cncc(CC2CCNC2)c1. The zero-order valence-corrected chi connectivity index (χ0v) is 12.8. The van der Waals surface area contributed by atoms with Crippen LogP contribution >= 0.6 is 0 Å². The average Bonchev–Trinajstić information content (AvgIpc) is 3.09. The quantitative estimate of drug-likeness (QED) is 0.873. The van der Waals surface area contributed by atoms with Gasteiger partial charge in [-0.15, -0.1) is 0 Å². The van der Waals surface area contributed by atoms with E-state index in [0.717, 1.165) is 37.9 Å². The molecule has 0 bridgehead atoms. The second-order valence-corrected chi connectivity index (χ2v) is 6.33. The van der Waals surface area contributed by atoms with Crippen molar-refractivity contribution in [3.05, 3.63) is 35.5 Å². The van der Waals surface area contributed by atoms with Gasteiger partial charge in [-0.2, -0.15) is 4.98 Å². The van der Waals surface area contributed by atoms with Crippen LogP contribution in [0.4, 0.5) is 5.95 Å². The molecule has 3 heterocycles. The van der Waals surface area contributed by atoms with Gasteiger partial charge in [-0.05, 0) is 61.5 Å². The molecule has 7 heteroatoms. The number of nitrogens with one attached hydrogen (secondary N) is 2. The third-order valence-electron chi connectivity index (χ3n) is 4.34. The summed E-state index contributed by atoms with van der Waals surface area (Å²) < 4.78 is 5.14. The maximum atomic E-state index is 12.3. The van der Waals surface area contributed by atoms with Crippen LogP contribution < -0.4 is 10.6 Å². The van der Waals surface area contributed by atoms with E-state index in [-0.39, 0.29) is 11.9 Å². The second-order valence-electron chi connectivity index (χ2n) is 6.33. The van der Waals surface area contributed by atoms with E-state index >= 15 is 0 Å². The predicted octanol–water partition coefficient (Wildman–Crippen LogP) is 1.75. The lowest BCUT2D eigenvalue weighted by Gasteiger charge is -2.08. The van der Waals surface area contributed by atoms with Crippen molar-refractivity contribution in [3.8, 4) is 0 Å². The first-order chi connectivity index (χ1) is 11.3. The van der Waals surface area contributed by atoms with Crippen LogP contribution in [0, 0.1) is 5.92 Å². The second kappa shape index (κ2) is 6.08. The molecule has 0 aromatic carbocycles. The van der Waals surface area contributed by atoms with Crippen LogP contribution in [0.3, 0.4) is 0 Å². The lowest BCUT2D eigenvalue weighted by atomic mass is 9.99. The minimum atomic E-state index is -0.257. The number of hydrogen-bond acceptors (Lipinski definition) is 6. The fraction of sp³-hybridized carbons (Fsp3) is 0.500. The van der Waals surface area contributed by atoms with Crippen LogP contribution in [-0.2, 0) is 6.42 Å². The van der Waals surface area contributed by atoms with Crippen LogP contribution in [-0.4, -0.2) is 34.1 Å². The molecule has 2 fully saturated rings. The first-order valence-electron chi connectivity index (χ1n) is 8.07. The van der Waals surface area contributed by atoms with E-state index < -0.39 is 0 Å². The topological polar surface area (TPSA) is 92.9 Å². The summed E-state index contributed by atoms with van der Waals surface area (Å²) in [4.78, 5) is 20.7. The van der Waals surface area contributed by atoms with Gasteiger partial charge in [-0.1, -0.05) is 0 Å². The Labute approximate surface area is 133 Å². The number of rotatable bonds is 5. The molecule has 4 rings (SSSR count). The Kier molecular flexibility index (Phi) is 3.78. The summed E-state index contributed by atoms with van der Waals surface area (Å²) in [7, 11) is 0. The van der Waals surface area contributed by atoms with Crippen molar-refractivity contribution in [1.29, 1.82) is 0 Å². The van der Waals surface area contributed by atoms with Crippen LogP contribution in [0.25, 0.3) is 0 Å². The van der Waals surface area contributed by atoms with Gasteiger partial charge in [-0.25, -0.2) is 0 Å². The van der Waals surface area contributed by atoms with Gasteiger partial charge in [0.25, 0.3) is 11.9 Å². The molecule has 1 unspecified atom stereocenters. The minimum absolute atomic E-state index is 0.224. The summed E-state index contributed by atoms with van der Waals surface area (Å²) in [5, 5.41) is 9.83. The molecule has 0 radical (unpaired) electrons. The molecule has 23 heavy (non-hydrogen) atoms. The molecule has 2 aromatic rings. The van der Waals surface area contributed by atoms with Gasteiger partial charge < -0.3 is 9.84 Å². The van der Waals surface area contributed by atoms with Crippen molar-refractivity contribution < 1.29 is 9.32 Å². The molecular formula is C16H19N5O2.